The van der Waals surface area contributed by atoms with E-state index in [-0.39, 0.29) is 23.7 Å². The van der Waals surface area contributed by atoms with E-state index in [0.29, 0.717) is 6.42 Å². The van der Waals surface area contributed by atoms with Gasteiger partial charge >= 0.3 is 5.97 Å². The zero-order valence-corrected chi connectivity index (χ0v) is 10.1. The predicted octanol–water partition coefficient (Wildman–Crippen LogP) is 1.68. The molecule has 0 amide bonds. The van der Waals surface area contributed by atoms with Crippen molar-refractivity contribution >= 4 is 5.97 Å². The molecule has 4 unspecified atom stereocenters. The summed E-state index contributed by atoms with van der Waals surface area (Å²) in [5.74, 6) is -1.18. The summed E-state index contributed by atoms with van der Waals surface area (Å²) in [6.07, 6.45) is 2.56. The molecule has 4 atom stereocenters. The van der Waals surface area contributed by atoms with E-state index < -0.39 is 11.9 Å². The molecule has 1 saturated heterocycles. The lowest BCUT2D eigenvalue weighted by atomic mass is 9.91. The van der Waals surface area contributed by atoms with Crippen molar-refractivity contribution < 1.29 is 19.4 Å². The highest BCUT2D eigenvalue weighted by Crippen LogP contribution is 2.54. The fraction of sp³-hybridized carbons (Fsp3) is 0.917. The molecule has 0 aromatic heterocycles. The van der Waals surface area contributed by atoms with E-state index >= 15 is 0 Å². The van der Waals surface area contributed by atoms with Gasteiger partial charge in [-0.25, -0.2) is 0 Å². The van der Waals surface area contributed by atoms with Crippen LogP contribution in [-0.2, 0) is 14.3 Å². The van der Waals surface area contributed by atoms with E-state index in [9.17, 15) is 9.90 Å². The van der Waals surface area contributed by atoms with Crippen LogP contribution in [-0.4, -0.2) is 36.5 Å². The molecular weight excluding hydrogens is 208 g/mol. The average molecular weight is 228 g/mol. The highest BCUT2D eigenvalue weighted by atomic mass is 16.5. The summed E-state index contributed by atoms with van der Waals surface area (Å²) in [6, 6.07) is 0. The third-order valence-corrected chi connectivity index (χ3v) is 4.15. The molecule has 0 aromatic rings. The Labute approximate surface area is 95.9 Å². The van der Waals surface area contributed by atoms with Gasteiger partial charge in [-0.1, -0.05) is 6.92 Å². The molecular formula is C12H20O4. The number of aliphatic carboxylic acids is 1. The molecule has 0 aromatic carbocycles. The first-order chi connectivity index (χ1) is 7.48. The Morgan fingerprint density at radius 1 is 1.56 bits per heavy atom. The van der Waals surface area contributed by atoms with Crippen molar-refractivity contribution in [3.05, 3.63) is 0 Å². The summed E-state index contributed by atoms with van der Waals surface area (Å²) in [6.45, 7) is 4.05. The fourth-order valence-electron chi connectivity index (χ4n) is 2.49. The van der Waals surface area contributed by atoms with Crippen LogP contribution in [0.2, 0.25) is 0 Å². The van der Waals surface area contributed by atoms with Crippen LogP contribution in [0.25, 0.3) is 0 Å². The summed E-state index contributed by atoms with van der Waals surface area (Å²) in [4.78, 5) is 11.2. The summed E-state index contributed by atoms with van der Waals surface area (Å²) < 4.78 is 11.1. The summed E-state index contributed by atoms with van der Waals surface area (Å²) in [5, 5.41) is 9.20. The minimum Gasteiger partial charge on any atom is -0.481 e. The lowest BCUT2D eigenvalue weighted by Crippen LogP contribution is -2.34. The fourth-order valence-corrected chi connectivity index (χ4v) is 2.49. The highest BCUT2D eigenvalue weighted by molar-refractivity contribution is 5.71. The lowest BCUT2D eigenvalue weighted by Gasteiger charge is -2.23. The second-order valence-electron chi connectivity index (χ2n) is 5.36. The third kappa shape index (κ3) is 1.96. The van der Waals surface area contributed by atoms with E-state index in [2.05, 4.69) is 6.92 Å². The van der Waals surface area contributed by atoms with Crippen molar-refractivity contribution in [1.82, 2.24) is 0 Å². The molecule has 0 bridgehead atoms. The Hall–Kier alpha value is -0.610. The van der Waals surface area contributed by atoms with Crippen LogP contribution in [0.5, 0.6) is 0 Å². The Morgan fingerprint density at radius 3 is 2.62 bits per heavy atom. The summed E-state index contributed by atoms with van der Waals surface area (Å²) in [7, 11) is 1.60. The highest BCUT2D eigenvalue weighted by Gasteiger charge is 2.54. The largest absolute Gasteiger partial charge is 0.481 e. The maximum Gasteiger partial charge on any atom is 0.309 e. The molecule has 1 aliphatic heterocycles. The Balaban J connectivity index is 2.08. The van der Waals surface area contributed by atoms with Crippen molar-refractivity contribution in [2.75, 3.05) is 7.11 Å². The molecule has 1 N–H and O–H groups in total. The average Bonchev–Trinajstić information content (AvgIpc) is 2.84. The zero-order chi connectivity index (χ0) is 11.9. The van der Waals surface area contributed by atoms with E-state index in [1.165, 1.54) is 0 Å². The third-order valence-electron chi connectivity index (χ3n) is 4.15. The van der Waals surface area contributed by atoms with Crippen LogP contribution >= 0.6 is 0 Å². The van der Waals surface area contributed by atoms with Gasteiger partial charge in [0.1, 0.15) is 0 Å². The van der Waals surface area contributed by atoms with Gasteiger partial charge in [-0.3, -0.25) is 4.79 Å². The number of hydrogen-bond donors (Lipinski definition) is 1. The molecule has 0 radical (unpaired) electrons. The molecule has 4 heteroatoms. The van der Waals surface area contributed by atoms with E-state index in [1.807, 2.05) is 6.92 Å². The molecule has 2 aliphatic rings. The molecule has 92 valence electrons. The van der Waals surface area contributed by atoms with Crippen molar-refractivity contribution in [1.29, 1.82) is 0 Å². The number of ether oxygens (including phenoxy) is 2. The van der Waals surface area contributed by atoms with Gasteiger partial charge < -0.3 is 14.6 Å². The van der Waals surface area contributed by atoms with Crippen LogP contribution in [0.4, 0.5) is 0 Å². The van der Waals surface area contributed by atoms with Crippen molar-refractivity contribution in [2.24, 2.45) is 11.3 Å². The zero-order valence-electron chi connectivity index (χ0n) is 10.1. The van der Waals surface area contributed by atoms with Crippen LogP contribution < -0.4 is 0 Å². The van der Waals surface area contributed by atoms with Gasteiger partial charge in [0.25, 0.3) is 0 Å². The van der Waals surface area contributed by atoms with E-state index in [4.69, 9.17) is 9.47 Å². The van der Waals surface area contributed by atoms with E-state index in [0.717, 1.165) is 12.8 Å². The van der Waals surface area contributed by atoms with Gasteiger partial charge in [-0.15, -0.1) is 0 Å². The van der Waals surface area contributed by atoms with Crippen LogP contribution in [0.15, 0.2) is 0 Å². The molecule has 1 heterocycles. The normalized spacial score (nSPS) is 38.3. The molecule has 1 aliphatic carbocycles. The Kier molecular flexibility index (Phi) is 2.97. The van der Waals surface area contributed by atoms with Gasteiger partial charge in [0.05, 0.1) is 24.2 Å². The van der Waals surface area contributed by atoms with Gasteiger partial charge in [-0.2, -0.15) is 0 Å². The molecule has 0 spiro atoms. The Morgan fingerprint density at radius 2 is 2.19 bits per heavy atom. The SMILES string of the molecule is COC(C)C1OC(C2(C)CC2)CC1C(=O)O. The molecule has 16 heavy (non-hydrogen) atoms. The van der Waals surface area contributed by atoms with E-state index in [1.54, 1.807) is 7.11 Å². The second kappa shape index (κ2) is 4.00. The lowest BCUT2D eigenvalue weighted by molar-refractivity contribution is -0.147. The quantitative estimate of drug-likeness (QED) is 0.795. The molecule has 1 saturated carbocycles. The topological polar surface area (TPSA) is 55.8 Å². The maximum absolute atomic E-state index is 11.2. The first-order valence-electron chi connectivity index (χ1n) is 5.89. The molecule has 4 nitrogen and oxygen atoms in total. The number of carbonyl (C=O) groups is 1. The van der Waals surface area contributed by atoms with Gasteiger partial charge in [-0.05, 0) is 31.6 Å². The number of hydrogen-bond acceptors (Lipinski definition) is 3. The summed E-state index contributed by atoms with van der Waals surface area (Å²) >= 11 is 0. The monoisotopic (exact) mass is 228 g/mol. The van der Waals surface area contributed by atoms with Gasteiger partial charge in [0.2, 0.25) is 0 Å². The minimum atomic E-state index is -0.763. The smallest absolute Gasteiger partial charge is 0.309 e. The number of carboxylic acid groups (broad SMARTS) is 1. The first kappa shape index (κ1) is 11.9. The minimum absolute atomic E-state index is 0.0937. The number of methoxy groups -OCH3 is 1. The van der Waals surface area contributed by atoms with Crippen LogP contribution in [0.3, 0.4) is 0 Å². The number of rotatable bonds is 4. The summed E-state index contributed by atoms with van der Waals surface area (Å²) in [5.41, 5.74) is 0.218. The van der Waals surface area contributed by atoms with Crippen LogP contribution in [0.1, 0.15) is 33.1 Å². The number of carboxylic acids is 1. The molecule has 2 fully saturated rings. The Bertz CT molecular complexity index is 285. The van der Waals surface area contributed by atoms with Crippen LogP contribution in [0, 0.1) is 11.3 Å². The first-order valence-corrected chi connectivity index (χ1v) is 5.89. The second-order valence-corrected chi connectivity index (χ2v) is 5.36. The van der Waals surface area contributed by atoms with Crippen molar-refractivity contribution in [3.8, 4) is 0 Å². The predicted molar refractivity (Wildman–Crippen MR) is 58.2 cm³/mol. The molecule has 2 rings (SSSR count). The maximum atomic E-state index is 11.2. The van der Waals surface area contributed by atoms with Gasteiger partial charge in [0.15, 0.2) is 0 Å². The van der Waals surface area contributed by atoms with Crippen molar-refractivity contribution in [3.63, 3.8) is 0 Å². The standard InChI is InChI=1S/C12H20O4/c1-7(15-3)10-8(11(13)14)6-9(16-10)12(2)4-5-12/h7-10H,4-6H2,1-3H3,(H,13,14). The van der Waals surface area contributed by atoms with Gasteiger partial charge in [0, 0.05) is 7.11 Å². The van der Waals surface area contributed by atoms with Crippen molar-refractivity contribution in [2.45, 2.75) is 51.4 Å².